The molecule has 0 heterocycles. The van der Waals surface area contributed by atoms with Gasteiger partial charge in [0.15, 0.2) is 0 Å². The van der Waals surface area contributed by atoms with Crippen molar-refractivity contribution in [3.63, 3.8) is 0 Å². The SMILES string of the molecule is CCCNCCCS(=O)(=O)NCC(C)c1ccccc1. The average Bonchev–Trinajstić information content (AvgIpc) is 2.45. The molecule has 0 saturated heterocycles. The normalized spacial score (nSPS) is 13.3. The molecule has 114 valence electrons. The first-order chi connectivity index (χ1) is 9.55. The van der Waals surface area contributed by atoms with E-state index in [9.17, 15) is 8.42 Å². The van der Waals surface area contributed by atoms with Crippen LogP contribution in [0.2, 0.25) is 0 Å². The quantitative estimate of drug-likeness (QED) is 0.650. The van der Waals surface area contributed by atoms with Crippen LogP contribution >= 0.6 is 0 Å². The third kappa shape index (κ3) is 7.03. The van der Waals surface area contributed by atoms with Crippen LogP contribution in [0.15, 0.2) is 30.3 Å². The fraction of sp³-hybridized carbons (Fsp3) is 0.600. The van der Waals surface area contributed by atoms with E-state index >= 15 is 0 Å². The minimum absolute atomic E-state index is 0.184. The third-order valence-corrected chi connectivity index (χ3v) is 4.60. The lowest BCUT2D eigenvalue weighted by Crippen LogP contribution is -2.31. The van der Waals surface area contributed by atoms with Crippen LogP contribution in [0.4, 0.5) is 0 Å². The van der Waals surface area contributed by atoms with Gasteiger partial charge in [0.25, 0.3) is 0 Å². The molecule has 0 radical (unpaired) electrons. The zero-order valence-corrected chi connectivity index (χ0v) is 13.2. The van der Waals surface area contributed by atoms with Crippen molar-refractivity contribution in [1.82, 2.24) is 10.0 Å². The van der Waals surface area contributed by atoms with Crippen molar-refractivity contribution in [2.75, 3.05) is 25.4 Å². The molecule has 20 heavy (non-hydrogen) atoms. The number of sulfonamides is 1. The highest BCUT2D eigenvalue weighted by Gasteiger charge is 2.12. The second-order valence-electron chi connectivity index (χ2n) is 5.08. The van der Waals surface area contributed by atoms with Crippen molar-refractivity contribution in [2.45, 2.75) is 32.6 Å². The smallest absolute Gasteiger partial charge is 0.211 e. The van der Waals surface area contributed by atoms with Crippen LogP contribution in [0.1, 0.15) is 38.2 Å². The Morgan fingerprint density at radius 1 is 1.15 bits per heavy atom. The van der Waals surface area contributed by atoms with E-state index in [-0.39, 0.29) is 11.7 Å². The Balaban J connectivity index is 2.29. The Bertz CT molecular complexity index is 460. The first-order valence-electron chi connectivity index (χ1n) is 7.28. The maximum atomic E-state index is 11.9. The van der Waals surface area contributed by atoms with E-state index in [4.69, 9.17) is 0 Å². The maximum absolute atomic E-state index is 11.9. The molecule has 0 fully saturated rings. The highest BCUT2D eigenvalue weighted by molar-refractivity contribution is 7.89. The molecular weight excluding hydrogens is 272 g/mol. The van der Waals surface area contributed by atoms with Gasteiger partial charge in [-0.2, -0.15) is 0 Å². The molecule has 1 atom stereocenters. The average molecular weight is 298 g/mol. The summed E-state index contributed by atoms with van der Waals surface area (Å²) in [5.41, 5.74) is 1.15. The van der Waals surface area contributed by atoms with Gasteiger partial charge in [0.05, 0.1) is 5.75 Å². The summed E-state index contributed by atoms with van der Waals surface area (Å²) in [5, 5.41) is 3.21. The first kappa shape index (κ1) is 17.1. The summed E-state index contributed by atoms with van der Waals surface area (Å²) < 4.78 is 26.4. The zero-order valence-electron chi connectivity index (χ0n) is 12.4. The number of nitrogens with one attached hydrogen (secondary N) is 2. The van der Waals surface area contributed by atoms with Gasteiger partial charge in [0.2, 0.25) is 10.0 Å². The Kier molecular flexibility index (Phi) is 7.80. The van der Waals surface area contributed by atoms with E-state index in [2.05, 4.69) is 17.0 Å². The summed E-state index contributed by atoms with van der Waals surface area (Å²) in [6.07, 6.45) is 1.72. The van der Waals surface area contributed by atoms with Crippen LogP contribution in [0.25, 0.3) is 0 Å². The second kappa shape index (κ2) is 9.10. The molecule has 5 heteroatoms. The summed E-state index contributed by atoms with van der Waals surface area (Å²) >= 11 is 0. The molecule has 1 aromatic carbocycles. The Hall–Kier alpha value is -0.910. The molecule has 1 aromatic rings. The molecule has 0 amide bonds. The van der Waals surface area contributed by atoms with Gasteiger partial charge >= 0.3 is 0 Å². The summed E-state index contributed by atoms with van der Waals surface area (Å²) in [6.45, 7) is 6.27. The van der Waals surface area contributed by atoms with Crippen molar-refractivity contribution in [2.24, 2.45) is 0 Å². The number of hydrogen-bond acceptors (Lipinski definition) is 3. The molecule has 0 spiro atoms. The van der Waals surface area contributed by atoms with E-state index in [1.54, 1.807) is 0 Å². The lowest BCUT2D eigenvalue weighted by Gasteiger charge is -2.13. The highest BCUT2D eigenvalue weighted by atomic mass is 32.2. The van der Waals surface area contributed by atoms with Gasteiger partial charge in [-0.05, 0) is 37.4 Å². The van der Waals surface area contributed by atoms with Crippen LogP contribution < -0.4 is 10.0 Å². The van der Waals surface area contributed by atoms with Crippen molar-refractivity contribution >= 4 is 10.0 Å². The van der Waals surface area contributed by atoms with Crippen molar-refractivity contribution in [1.29, 1.82) is 0 Å². The van der Waals surface area contributed by atoms with Crippen LogP contribution in [0.5, 0.6) is 0 Å². The molecule has 1 rings (SSSR count). The Morgan fingerprint density at radius 3 is 2.50 bits per heavy atom. The van der Waals surface area contributed by atoms with Gasteiger partial charge in [0, 0.05) is 6.54 Å². The predicted molar refractivity (Wildman–Crippen MR) is 84.4 cm³/mol. The summed E-state index contributed by atoms with van der Waals surface area (Å²) in [4.78, 5) is 0. The van der Waals surface area contributed by atoms with Crippen molar-refractivity contribution < 1.29 is 8.42 Å². The monoisotopic (exact) mass is 298 g/mol. The molecule has 0 aliphatic heterocycles. The van der Waals surface area contributed by atoms with Crippen LogP contribution in [-0.2, 0) is 10.0 Å². The summed E-state index contributed by atoms with van der Waals surface area (Å²) in [7, 11) is -3.16. The largest absolute Gasteiger partial charge is 0.317 e. The zero-order chi connectivity index (χ0) is 14.8. The first-order valence-corrected chi connectivity index (χ1v) is 8.93. The van der Waals surface area contributed by atoms with E-state index in [1.165, 1.54) is 0 Å². The van der Waals surface area contributed by atoms with E-state index in [1.807, 2.05) is 37.3 Å². The van der Waals surface area contributed by atoms with Gasteiger partial charge in [-0.1, -0.05) is 44.2 Å². The topological polar surface area (TPSA) is 58.2 Å². The number of benzene rings is 1. The standard InChI is InChI=1S/C15H26N2O2S/c1-3-10-16-11-7-12-20(18,19)17-13-14(2)15-8-5-4-6-9-15/h4-6,8-9,14,16-17H,3,7,10-13H2,1-2H3. The van der Waals surface area contributed by atoms with E-state index in [0.717, 1.165) is 25.1 Å². The molecule has 4 nitrogen and oxygen atoms in total. The van der Waals surface area contributed by atoms with Gasteiger partial charge in [-0.25, -0.2) is 13.1 Å². The number of hydrogen-bond donors (Lipinski definition) is 2. The molecular formula is C15H26N2O2S. The Labute approximate surface area is 123 Å². The van der Waals surface area contributed by atoms with E-state index < -0.39 is 10.0 Å². The molecule has 1 unspecified atom stereocenters. The van der Waals surface area contributed by atoms with Gasteiger partial charge in [0.1, 0.15) is 0 Å². The fourth-order valence-corrected chi connectivity index (χ4v) is 3.09. The van der Waals surface area contributed by atoms with Crippen molar-refractivity contribution in [3.05, 3.63) is 35.9 Å². The van der Waals surface area contributed by atoms with Gasteiger partial charge in [-0.15, -0.1) is 0 Å². The van der Waals surface area contributed by atoms with Crippen LogP contribution in [0.3, 0.4) is 0 Å². The van der Waals surface area contributed by atoms with Crippen molar-refractivity contribution in [3.8, 4) is 0 Å². The number of rotatable bonds is 10. The molecule has 0 saturated carbocycles. The van der Waals surface area contributed by atoms with Gasteiger partial charge < -0.3 is 5.32 Å². The summed E-state index contributed by atoms with van der Waals surface area (Å²) in [6, 6.07) is 9.95. The van der Waals surface area contributed by atoms with Crippen LogP contribution in [-0.4, -0.2) is 33.8 Å². The van der Waals surface area contributed by atoms with Crippen LogP contribution in [0, 0.1) is 0 Å². The molecule has 0 aliphatic rings. The molecule has 0 bridgehead atoms. The minimum atomic E-state index is -3.16. The fourth-order valence-electron chi connectivity index (χ4n) is 1.91. The lowest BCUT2D eigenvalue weighted by molar-refractivity contribution is 0.568. The third-order valence-electron chi connectivity index (χ3n) is 3.17. The van der Waals surface area contributed by atoms with E-state index in [0.29, 0.717) is 13.0 Å². The second-order valence-corrected chi connectivity index (χ2v) is 7.01. The highest BCUT2D eigenvalue weighted by Crippen LogP contribution is 2.13. The molecule has 0 aromatic heterocycles. The molecule has 2 N–H and O–H groups in total. The van der Waals surface area contributed by atoms with Gasteiger partial charge in [-0.3, -0.25) is 0 Å². The predicted octanol–water partition coefficient (Wildman–Crippen LogP) is 2.10. The Morgan fingerprint density at radius 2 is 1.85 bits per heavy atom. The lowest BCUT2D eigenvalue weighted by atomic mass is 10.0. The summed E-state index contributed by atoms with van der Waals surface area (Å²) in [5.74, 6) is 0.370. The maximum Gasteiger partial charge on any atom is 0.211 e. The molecule has 0 aliphatic carbocycles. The minimum Gasteiger partial charge on any atom is -0.317 e.